The molecule has 3 aromatic rings. The summed E-state index contributed by atoms with van der Waals surface area (Å²) in [4.78, 5) is 27.4. The molecule has 0 heterocycles. The van der Waals surface area contributed by atoms with Crippen LogP contribution in [0.2, 0.25) is 0 Å². The second-order valence-corrected chi connectivity index (χ2v) is 7.32. The lowest BCUT2D eigenvalue weighted by molar-refractivity contribution is -0.133. The minimum Gasteiger partial charge on any atom is -0.336 e. The highest BCUT2D eigenvalue weighted by molar-refractivity contribution is 5.96. The lowest BCUT2D eigenvalue weighted by atomic mass is 9.90. The Balaban J connectivity index is 1.77. The van der Waals surface area contributed by atoms with Crippen LogP contribution in [-0.4, -0.2) is 30.3 Å². The largest absolute Gasteiger partial charge is 0.336 e. The van der Waals surface area contributed by atoms with Crippen molar-refractivity contribution in [2.75, 3.05) is 18.9 Å². The van der Waals surface area contributed by atoms with Crippen molar-refractivity contribution in [3.05, 3.63) is 101 Å². The molecule has 0 aromatic heterocycles. The van der Waals surface area contributed by atoms with Crippen LogP contribution in [0.5, 0.6) is 0 Å². The summed E-state index contributed by atoms with van der Waals surface area (Å²) in [7, 11) is 1.67. The highest BCUT2D eigenvalue weighted by atomic mass is 16.2. The number of rotatable bonds is 6. The summed E-state index contributed by atoms with van der Waals surface area (Å²) >= 11 is 0. The maximum absolute atomic E-state index is 13.3. The molecular weight excluding hydrogens is 360 g/mol. The van der Waals surface area contributed by atoms with Gasteiger partial charge in [-0.25, -0.2) is 0 Å². The lowest BCUT2D eigenvalue weighted by Crippen LogP contribution is -2.38. The van der Waals surface area contributed by atoms with E-state index in [2.05, 4.69) is 5.32 Å². The third-order valence-corrected chi connectivity index (χ3v) is 4.94. The first kappa shape index (κ1) is 20.3. The van der Waals surface area contributed by atoms with Gasteiger partial charge in [0, 0.05) is 12.7 Å². The van der Waals surface area contributed by atoms with Crippen LogP contribution in [0.25, 0.3) is 0 Å². The molecule has 0 saturated carbocycles. The average Bonchev–Trinajstić information content (AvgIpc) is 2.72. The zero-order valence-corrected chi connectivity index (χ0v) is 17.1. The monoisotopic (exact) mass is 386 g/mol. The van der Waals surface area contributed by atoms with E-state index in [4.69, 9.17) is 0 Å². The molecular formula is C25H26N2O2. The van der Waals surface area contributed by atoms with Crippen LogP contribution < -0.4 is 5.32 Å². The minimum atomic E-state index is -0.448. The standard InChI is InChI=1S/C25H26N2O2/c1-18-14-15-19(2)22(16-18)26-23(28)17-27(3)25(29)24(20-10-6-4-7-11-20)21-12-8-5-9-13-21/h4-16,24H,17H2,1-3H3,(H,26,28). The molecule has 0 radical (unpaired) electrons. The van der Waals surface area contributed by atoms with Crippen LogP contribution in [0, 0.1) is 13.8 Å². The fourth-order valence-corrected chi connectivity index (χ4v) is 3.34. The molecule has 0 aliphatic heterocycles. The van der Waals surface area contributed by atoms with E-state index in [1.165, 1.54) is 4.90 Å². The van der Waals surface area contributed by atoms with Crippen molar-refractivity contribution in [2.24, 2.45) is 0 Å². The maximum atomic E-state index is 13.3. The van der Waals surface area contributed by atoms with Gasteiger partial charge < -0.3 is 10.2 Å². The first-order valence-corrected chi connectivity index (χ1v) is 9.67. The summed E-state index contributed by atoms with van der Waals surface area (Å²) in [5, 5.41) is 2.92. The van der Waals surface area contributed by atoms with Crippen molar-refractivity contribution >= 4 is 17.5 Å². The van der Waals surface area contributed by atoms with Gasteiger partial charge in [-0.05, 0) is 42.2 Å². The molecule has 0 unspecified atom stereocenters. The second kappa shape index (κ2) is 9.20. The number of nitrogens with one attached hydrogen (secondary N) is 1. The SMILES string of the molecule is Cc1ccc(C)c(NC(=O)CN(C)C(=O)C(c2ccccc2)c2ccccc2)c1. The van der Waals surface area contributed by atoms with Crippen molar-refractivity contribution in [1.82, 2.24) is 4.90 Å². The number of aryl methyl sites for hydroxylation is 2. The summed E-state index contributed by atoms with van der Waals surface area (Å²) in [6, 6.07) is 25.2. The van der Waals surface area contributed by atoms with Crippen molar-refractivity contribution in [3.8, 4) is 0 Å². The molecule has 3 aromatic carbocycles. The molecule has 0 atom stereocenters. The van der Waals surface area contributed by atoms with Gasteiger partial charge >= 0.3 is 0 Å². The van der Waals surface area contributed by atoms with Crippen LogP contribution >= 0.6 is 0 Å². The van der Waals surface area contributed by atoms with E-state index in [-0.39, 0.29) is 18.4 Å². The van der Waals surface area contributed by atoms with Gasteiger partial charge in [-0.15, -0.1) is 0 Å². The Labute approximate surface area is 172 Å². The lowest BCUT2D eigenvalue weighted by Gasteiger charge is -2.24. The zero-order chi connectivity index (χ0) is 20.8. The molecule has 1 N–H and O–H groups in total. The summed E-state index contributed by atoms with van der Waals surface area (Å²) in [6.07, 6.45) is 0. The van der Waals surface area contributed by atoms with Crippen molar-refractivity contribution in [2.45, 2.75) is 19.8 Å². The molecule has 0 saturated heterocycles. The Morgan fingerprint density at radius 3 is 1.97 bits per heavy atom. The number of benzene rings is 3. The Morgan fingerprint density at radius 1 is 0.862 bits per heavy atom. The molecule has 4 nitrogen and oxygen atoms in total. The van der Waals surface area contributed by atoms with Gasteiger partial charge in [0.1, 0.15) is 0 Å². The van der Waals surface area contributed by atoms with Crippen molar-refractivity contribution in [1.29, 1.82) is 0 Å². The number of anilines is 1. The Hall–Kier alpha value is -3.40. The van der Waals surface area contributed by atoms with Crippen LogP contribution in [0.4, 0.5) is 5.69 Å². The maximum Gasteiger partial charge on any atom is 0.243 e. The number of hydrogen-bond donors (Lipinski definition) is 1. The molecule has 0 fully saturated rings. The van der Waals surface area contributed by atoms with E-state index >= 15 is 0 Å². The molecule has 0 bridgehead atoms. The Morgan fingerprint density at radius 2 is 1.41 bits per heavy atom. The highest BCUT2D eigenvalue weighted by Crippen LogP contribution is 2.26. The molecule has 29 heavy (non-hydrogen) atoms. The average molecular weight is 386 g/mol. The van der Waals surface area contributed by atoms with E-state index in [1.54, 1.807) is 7.05 Å². The number of nitrogens with zero attached hydrogens (tertiary/aromatic N) is 1. The molecule has 3 rings (SSSR count). The van der Waals surface area contributed by atoms with Gasteiger partial charge in [0.2, 0.25) is 11.8 Å². The fourth-order valence-electron chi connectivity index (χ4n) is 3.34. The topological polar surface area (TPSA) is 49.4 Å². The quantitative estimate of drug-likeness (QED) is 0.676. The van der Waals surface area contributed by atoms with E-state index in [1.807, 2.05) is 92.7 Å². The summed E-state index contributed by atoms with van der Waals surface area (Å²) in [5.74, 6) is -0.774. The smallest absolute Gasteiger partial charge is 0.243 e. The number of amides is 2. The van der Waals surface area contributed by atoms with E-state index < -0.39 is 5.92 Å². The summed E-state index contributed by atoms with van der Waals surface area (Å²) in [6.45, 7) is 3.92. The predicted molar refractivity (Wildman–Crippen MR) is 117 cm³/mol. The van der Waals surface area contributed by atoms with Crippen LogP contribution in [0.3, 0.4) is 0 Å². The first-order chi connectivity index (χ1) is 14.0. The van der Waals surface area contributed by atoms with Crippen molar-refractivity contribution in [3.63, 3.8) is 0 Å². The fraction of sp³-hybridized carbons (Fsp3) is 0.200. The molecule has 0 aliphatic rings. The van der Waals surface area contributed by atoms with Gasteiger partial charge in [0.05, 0.1) is 12.5 Å². The van der Waals surface area contributed by atoms with Crippen LogP contribution in [0.15, 0.2) is 78.9 Å². The van der Waals surface area contributed by atoms with Crippen molar-refractivity contribution < 1.29 is 9.59 Å². The highest BCUT2D eigenvalue weighted by Gasteiger charge is 2.26. The van der Waals surface area contributed by atoms with E-state index in [0.29, 0.717) is 0 Å². The molecule has 0 spiro atoms. The summed E-state index contributed by atoms with van der Waals surface area (Å²) in [5.41, 5.74) is 4.66. The Kier molecular flexibility index (Phi) is 6.45. The number of carbonyl (C=O) groups is 2. The number of hydrogen-bond acceptors (Lipinski definition) is 2. The normalized spacial score (nSPS) is 10.6. The Bertz CT molecular complexity index is 945. The van der Waals surface area contributed by atoms with Gasteiger partial charge in [-0.3, -0.25) is 9.59 Å². The molecule has 148 valence electrons. The van der Waals surface area contributed by atoms with Gasteiger partial charge in [0.25, 0.3) is 0 Å². The first-order valence-electron chi connectivity index (χ1n) is 9.67. The van der Waals surface area contributed by atoms with E-state index in [0.717, 1.165) is 27.9 Å². The zero-order valence-electron chi connectivity index (χ0n) is 17.1. The van der Waals surface area contributed by atoms with Gasteiger partial charge in [-0.1, -0.05) is 72.8 Å². The number of likely N-dealkylation sites (N-methyl/N-ethyl adjacent to an activating group) is 1. The molecule has 4 heteroatoms. The van der Waals surface area contributed by atoms with Crippen LogP contribution in [0.1, 0.15) is 28.2 Å². The van der Waals surface area contributed by atoms with Gasteiger partial charge in [0.15, 0.2) is 0 Å². The third kappa shape index (κ3) is 5.11. The minimum absolute atomic E-state index is 0.0115. The third-order valence-electron chi connectivity index (χ3n) is 4.94. The predicted octanol–water partition coefficient (Wildman–Crippen LogP) is 4.53. The summed E-state index contributed by atoms with van der Waals surface area (Å²) < 4.78 is 0. The molecule has 2 amide bonds. The van der Waals surface area contributed by atoms with Crippen LogP contribution in [-0.2, 0) is 9.59 Å². The van der Waals surface area contributed by atoms with E-state index in [9.17, 15) is 9.59 Å². The molecule has 0 aliphatic carbocycles. The second-order valence-electron chi connectivity index (χ2n) is 7.32. The number of carbonyl (C=O) groups excluding carboxylic acids is 2. The van der Waals surface area contributed by atoms with Gasteiger partial charge in [-0.2, -0.15) is 0 Å².